The second-order valence-electron chi connectivity index (χ2n) is 5.21. The lowest BCUT2D eigenvalue weighted by Crippen LogP contribution is -2.31. The Balaban J connectivity index is 2.04. The zero-order valence-corrected chi connectivity index (χ0v) is 11.7. The number of fused-ring (bicyclic) bond motifs is 3. The number of H-pyrrole nitrogens is 1. The third kappa shape index (κ3) is 2.23. The molecule has 0 aliphatic heterocycles. The lowest BCUT2D eigenvalue weighted by atomic mass is 9.91. The van der Waals surface area contributed by atoms with Crippen molar-refractivity contribution >= 4 is 28.4 Å². The maximum Gasteiger partial charge on any atom is 0.235 e. The van der Waals surface area contributed by atoms with Crippen LogP contribution in [-0.2, 0) is 11.2 Å². The fraction of sp³-hybridized carbons (Fsp3) is 0.400. The lowest BCUT2D eigenvalue weighted by molar-refractivity contribution is -0.119. The van der Waals surface area contributed by atoms with Gasteiger partial charge in [0, 0.05) is 16.6 Å². The van der Waals surface area contributed by atoms with Crippen molar-refractivity contribution in [2.45, 2.75) is 32.2 Å². The monoisotopic (exact) mass is 276 g/mol. The number of hydrogen-bond acceptors (Lipinski definition) is 1. The van der Waals surface area contributed by atoms with E-state index < -0.39 is 0 Å². The van der Waals surface area contributed by atoms with Crippen LogP contribution in [0.5, 0.6) is 0 Å². The molecule has 19 heavy (non-hydrogen) atoms. The molecule has 1 heterocycles. The van der Waals surface area contributed by atoms with Crippen LogP contribution in [0.25, 0.3) is 10.9 Å². The molecule has 3 rings (SSSR count). The predicted octanol–water partition coefficient (Wildman–Crippen LogP) is 3.21. The smallest absolute Gasteiger partial charge is 0.235 e. The van der Waals surface area contributed by atoms with E-state index in [2.05, 4.69) is 35.4 Å². The van der Waals surface area contributed by atoms with Gasteiger partial charge in [-0.05, 0) is 43.9 Å². The molecule has 0 spiro atoms. The molecule has 1 aliphatic rings. The van der Waals surface area contributed by atoms with Gasteiger partial charge >= 0.3 is 0 Å². The summed E-state index contributed by atoms with van der Waals surface area (Å²) in [6.07, 6.45) is 3.15. The number of aromatic amines is 1. The van der Waals surface area contributed by atoms with Crippen LogP contribution in [-0.4, -0.2) is 16.8 Å². The number of aryl methyl sites for hydroxylation is 2. The normalized spacial score (nSPS) is 18.3. The van der Waals surface area contributed by atoms with Gasteiger partial charge in [0.2, 0.25) is 5.91 Å². The molecule has 2 N–H and O–H groups in total. The van der Waals surface area contributed by atoms with Gasteiger partial charge < -0.3 is 10.3 Å². The molecule has 100 valence electrons. The molecule has 1 atom stereocenters. The first-order valence-electron chi connectivity index (χ1n) is 6.65. The van der Waals surface area contributed by atoms with E-state index in [9.17, 15) is 4.79 Å². The summed E-state index contributed by atoms with van der Waals surface area (Å²) in [5.41, 5.74) is 4.93. The highest BCUT2D eigenvalue weighted by atomic mass is 35.5. The third-order valence-corrected chi connectivity index (χ3v) is 4.06. The Hall–Kier alpha value is -1.48. The summed E-state index contributed by atoms with van der Waals surface area (Å²) in [5, 5.41) is 4.29. The topological polar surface area (TPSA) is 44.9 Å². The van der Waals surface area contributed by atoms with E-state index in [1.54, 1.807) is 0 Å². The maximum atomic E-state index is 11.5. The average molecular weight is 277 g/mol. The highest BCUT2D eigenvalue weighted by Gasteiger charge is 2.25. The van der Waals surface area contributed by atoms with Gasteiger partial charge in [0.1, 0.15) is 5.88 Å². The zero-order valence-electron chi connectivity index (χ0n) is 10.9. The SMILES string of the molecule is Cc1ccc2[nH]c3c(c2c1)CCC[C@H]3NC(=O)CCl. The summed E-state index contributed by atoms with van der Waals surface area (Å²) in [6, 6.07) is 6.51. The maximum absolute atomic E-state index is 11.5. The van der Waals surface area contributed by atoms with Gasteiger partial charge in [-0.3, -0.25) is 4.79 Å². The molecule has 0 saturated carbocycles. The van der Waals surface area contributed by atoms with Crippen molar-refractivity contribution in [2.24, 2.45) is 0 Å². The van der Waals surface area contributed by atoms with Gasteiger partial charge in [-0.1, -0.05) is 11.6 Å². The first-order chi connectivity index (χ1) is 9.19. The predicted molar refractivity (Wildman–Crippen MR) is 77.6 cm³/mol. The fourth-order valence-electron chi connectivity index (χ4n) is 2.95. The highest BCUT2D eigenvalue weighted by molar-refractivity contribution is 6.27. The zero-order chi connectivity index (χ0) is 13.4. The van der Waals surface area contributed by atoms with Crippen LogP contribution in [0.3, 0.4) is 0 Å². The van der Waals surface area contributed by atoms with Crippen molar-refractivity contribution in [3.8, 4) is 0 Å². The molecule has 0 fully saturated rings. The molecule has 2 aromatic rings. The Bertz CT molecular complexity index is 632. The molecule has 0 saturated heterocycles. The lowest BCUT2D eigenvalue weighted by Gasteiger charge is -2.23. The fourth-order valence-corrected chi connectivity index (χ4v) is 3.03. The van der Waals surface area contributed by atoms with E-state index in [0.717, 1.165) is 30.5 Å². The Morgan fingerprint density at radius 1 is 1.53 bits per heavy atom. The van der Waals surface area contributed by atoms with Crippen LogP contribution in [0, 0.1) is 6.92 Å². The first kappa shape index (κ1) is 12.5. The Morgan fingerprint density at radius 3 is 3.16 bits per heavy atom. The van der Waals surface area contributed by atoms with Crippen molar-refractivity contribution in [2.75, 3.05) is 5.88 Å². The molecule has 3 nitrogen and oxygen atoms in total. The highest BCUT2D eigenvalue weighted by Crippen LogP contribution is 2.35. The Kier molecular flexibility index (Phi) is 3.23. The van der Waals surface area contributed by atoms with Crippen molar-refractivity contribution in [1.82, 2.24) is 10.3 Å². The van der Waals surface area contributed by atoms with Gasteiger partial charge in [0.25, 0.3) is 0 Å². The number of amides is 1. The van der Waals surface area contributed by atoms with Gasteiger partial charge in [0.05, 0.1) is 6.04 Å². The van der Waals surface area contributed by atoms with Crippen molar-refractivity contribution < 1.29 is 4.79 Å². The number of hydrogen-bond donors (Lipinski definition) is 2. The standard InChI is InChI=1S/C15H17ClN2O/c1-9-5-6-12-11(7-9)10-3-2-4-13(15(10)18-12)17-14(19)8-16/h5-7,13,18H,2-4,8H2,1H3,(H,17,19)/t13-/m1/s1. The second kappa shape index (κ2) is 4.89. The minimum absolute atomic E-state index is 0.0190. The Morgan fingerprint density at radius 2 is 2.37 bits per heavy atom. The summed E-state index contributed by atoms with van der Waals surface area (Å²) in [5.74, 6) is -0.0834. The number of alkyl halides is 1. The summed E-state index contributed by atoms with van der Waals surface area (Å²) in [4.78, 5) is 15.0. The number of carbonyl (C=O) groups is 1. The van der Waals surface area contributed by atoms with Crippen LogP contribution in [0.15, 0.2) is 18.2 Å². The number of aromatic nitrogens is 1. The van der Waals surface area contributed by atoms with E-state index >= 15 is 0 Å². The summed E-state index contributed by atoms with van der Waals surface area (Å²) < 4.78 is 0. The van der Waals surface area contributed by atoms with Crippen LogP contribution >= 0.6 is 11.6 Å². The van der Waals surface area contributed by atoms with E-state index in [1.807, 2.05) is 0 Å². The summed E-state index contributed by atoms with van der Waals surface area (Å²) in [7, 11) is 0. The van der Waals surface area contributed by atoms with Gasteiger partial charge in [-0.2, -0.15) is 0 Å². The minimum Gasteiger partial charge on any atom is -0.356 e. The van der Waals surface area contributed by atoms with E-state index in [0.29, 0.717) is 0 Å². The third-order valence-electron chi connectivity index (χ3n) is 3.82. The Labute approximate surface area is 117 Å². The van der Waals surface area contributed by atoms with Crippen LogP contribution in [0.1, 0.15) is 35.7 Å². The number of benzene rings is 1. The van der Waals surface area contributed by atoms with Gasteiger partial charge in [-0.25, -0.2) is 0 Å². The summed E-state index contributed by atoms with van der Waals surface area (Å²) in [6.45, 7) is 2.11. The van der Waals surface area contributed by atoms with Gasteiger partial charge in [-0.15, -0.1) is 11.6 Å². The van der Waals surface area contributed by atoms with E-state index in [-0.39, 0.29) is 17.8 Å². The molecule has 1 amide bonds. The number of carbonyl (C=O) groups excluding carboxylic acids is 1. The average Bonchev–Trinajstić information content (AvgIpc) is 2.78. The molecular weight excluding hydrogens is 260 g/mol. The van der Waals surface area contributed by atoms with Crippen molar-refractivity contribution in [3.05, 3.63) is 35.0 Å². The molecule has 0 radical (unpaired) electrons. The molecule has 1 aromatic carbocycles. The number of nitrogens with one attached hydrogen (secondary N) is 2. The quantitative estimate of drug-likeness (QED) is 0.813. The number of halogens is 1. The van der Waals surface area contributed by atoms with E-state index in [1.165, 1.54) is 16.5 Å². The number of rotatable bonds is 2. The first-order valence-corrected chi connectivity index (χ1v) is 7.19. The van der Waals surface area contributed by atoms with Crippen LogP contribution in [0.4, 0.5) is 0 Å². The molecule has 1 aromatic heterocycles. The summed E-state index contributed by atoms with van der Waals surface area (Å²) >= 11 is 5.58. The molecule has 1 aliphatic carbocycles. The van der Waals surface area contributed by atoms with E-state index in [4.69, 9.17) is 11.6 Å². The molecular formula is C15H17ClN2O. The van der Waals surface area contributed by atoms with Crippen LogP contribution in [0.2, 0.25) is 0 Å². The largest absolute Gasteiger partial charge is 0.356 e. The van der Waals surface area contributed by atoms with Crippen molar-refractivity contribution in [3.63, 3.8) is 0 Å². The van der Waals surface area contributed by atoms with Crippen molar-refractivity contribution in [1.29, 1.82) is 0 Å². The molecule has 0 unspecified atom stereocenters. The minimum atomic E-state index is -0.102. The molecule has 4 heteroatoms. The second-order valence-corrected chi connectivity index (χ2v) is 5.48. The van der Waals surface area contributed by atoms with Crippen LogP contribution < -0.4 is 5.32 Å². The van der Waals surface area contributed by atoms with Gasteiger partial charge in [0.15, 0.2) is 0 Å². The molecule has 0 bridgehead atoms.